The van der Waals surface area contributed by atoms with Crippen LogP contribution in [0.2, 0.25) is 0 Å². The van der Waals surface area contributed by atoms with Crippen LogP contribution in [0.5, 0.6) is 0 Å². The molecule has 0 amide bonds. The molecule has 2 N–H and O–H groups in total. The number of halogens is 1. The lowest BCUT2D eigenvalue weighted by Crippen LogP contribution is -2.15. The molecule has 6 heteroatoms. The number of thiophene rings is 1. The lowest BCUT2D eigenvalue weighted by Gasteiger charge is -2.03. The fourth-order valence-corrected chi connectivity index (χ4v) is 3.52. The molecule has 0 radical (unpaired) electrons. The highest BCUT2D eigenvalue weighted by atomic mass is 35.5. The third kappa shape index (κ3) is 2.56. The summed E-state index contributed by atoms with van der Waals surface area (Å²) in [6.07, 6.45) is 0. The molecule has 4 rings (SSSR count). The minimum Gasteiger partial charge on any atom is -0.383 e. The molecule has 0 spiro atoms. The van der Waals surface area contributed by atoms with Gasteiger partial charge >= 0.3 is 0 Å². The van der Waals surface area contributed by atoms with Gasteiger partial charge in [-0.25, -0.2) is 4.98 Å². The van der Waals surface area contributed by atoms with E-state index in [2.05, 4.69) is 39.0 Å². The predicted molar refractivity (Wildman–Crippen MR) is 101 cm³/mol. The average Bonchev–Trinajstić information content (AvgIpc) is 3.08. The van der Waals surface area contributed by atoms with Crippen molar-refractivity contribution in [2.75, 3.05) is 0 Å². The SMILES string of the molecule is CC(C)N=C(N)c1ccc2c(c1)nc1ccc3sccc3n12.Cl. The summed E-state index contributed by atoms with van der Waals surface area (Å²) < 4.78 is 3.46. The van der Waals surface area contributed by atoms with E-state index in [0.29, 0.717) is 5.84 Å². The Balaban J connectivity index is 0.00000156. The molecule has 0 saturated carbocycles. The largest absolute Gasteiger partial charge is 0.383 e. The Bertz CT molecular complexity index is 1030. The van der Waals surface area contributed by atoms with E-state index >= 15 is 0 Å². The second-order valence-electron chi connectivity index (χ2n) is 5.62. The van der Waals surface area contributed by atoms with Crippen LogP contribution in [0.15, 0.2) is 46.8 Å². The zero-order chi connectivity index (χ0) is 15.3. The van der Waals surface area contributed by atoms with Gasteiger partial charge in [0.15, 0.2) is 0 Å². The van der Waals surface area contributed by atoms with Gasteiger partial charge in [-0.05, 0) is 55.6 Å². The van der Waals surface area contributed by atoms with Gasteiger partial charge in [0.2, 0.25) is 0 Å². The number of pyridine rings is 1. The van der Waals surface area contributed by atoms with E-state index in [0.717, 1.165) is 22.2 Å². The number of amidine groups is 1. The smallest absolute Gasteiger partial charge is 0.138 e. The number of benzene rings is 1. The number of aliphatic imine (C=N–C) groups is 1. The van der Waals surface area contributed by atoms with Crippen LogP contribution in [0.1, 0.15) is 19.4 Å². The Kier molecular flexibility index (Phi) is 4.00. The summed E-state index contributed by atoms with van der Waals surface area (Å²) in [6, 6.07) is 12.6. The monoisotopic (exact) mass is 344 g/mol. The maximum atomic E-state index is 6.07. The summed E-state index contributed by atoms with van der Waals surface area (Å²) in [5.41, 5.74) is 11.2. The second-order valence-corrected chi connectivity index (χ2v) is 6.57. The van der Waals surface area contributed by atoms with E-state index in [1.165, 1.54) is 10.2 Å². The lowest BCUT2D eigenvalue weighted by atomic mass is 10.2. The van der Waals surface area contributed by atoms with Crippen molar-refractivity contribution in [2.45, 2.75) is 19.9 Å². The van der Waals surface area contributed by atoms with E-state index in [4.69, 9.17) is 10.7 Å². The Labute approximate surface area is 144 Å². The summed E-state index contributed by atoms with van der Waals surface area (Å²) >= 11 is 1.74. The molecule has 0 aliphatic heterocycles. The summed E-state index contributed by atoms with van der Waals surface area (Å²) in [4.78, 5) is 9.14. The predicted octanol–water partition coefficient (Wildman–Crippen LogP) is 4.24. The quantitative estimate of drug-likeness (QED) is 0.437. The van der Waals surface area contributed by atoms with E-state index in [1.54, 1.807) is 11.3 Å². The molecule has 0 atom stereocenters. The first-order valence-corrected chi connectivity index (χ1v) is 8.13. The Morgan fingerprint density at radius 2 is 2.00 bits per heavy atom. The first kappa shape index (κ1) is 15.8. The van der Waals surface area contributed by atoms with E-state index < -0.39 is 0 Å². The Morgan fingerprint density at radius 3 is 2.78 bits per heavy atom. The number of hydrogen-bond acceptors (Lipinski definition) is 3. The van der Waals surface area contributed by atoms with Crippen molar-refractivity contribution < 1.29 is 0 Å². The van der Waals surface area contributed by atoms with Gasteiger partial charge in [0.1, 0.15) is 11.5 Å². The summed E-state index contributed by atoms with van der Waals surface area (Å²) in [6.45, 7) is 4.03. The molecule has 0 unspecified atom stereocenters. The number of nitrogens with two attached hydrogens (primary N) is 1. The molecule has 118 valence electrons. The van der Waals surface area contributed by atoms with Crippen LogP contribution in [-0.2, 0) is 0 Å². The van der Waals surface area contributed by atoms with Gasteiger partial charge in [-0.1, -0.05) is 0 Å². The minimum absolute atomic E-state index is 0. The summed E-state index contributed by atoms with van der Waals surface area (Å²) in [7, 11) is 0. The molecule has 4 aromatic rings. The van der Waals surface area contributed by atoms with Crippen molar-refractivity contribution in [3.63, 3.8) is 0 Å². The van der Waals surface area contributed by atoms with E-state index in [9.17, 15) is 0 Å². The van der Waals surface area contributed by atoms with Crippen LogP contribution in [-0.4, -0.2) is 21.3 Å². The Morgan fingerprint density at radius 1 is 1.17 bits per heavy atom. The molecule has 0 saturated heterocycles. The van der Waals surface area contributed by atoms with Crippen molar-refractivity contribution in [2.24, 2.45) is 10.7 Å². The topological polar surface area (TPSA) is 55.7 Å². The van der Waals surface area contributed by atoms with Crippen molar-refractivity contribution >= 4 is 56.5 Å². The first-order valence-electron chi connectivity index (χ1n) is 7.25. The number of nitrogens with zero attached hydrogens (tertiary/aromatic N) is 3. The zero-order valence-corrected chi connectivity index (χ0v) is 14.5. The van der Waals surface area contributed by atoms with Crippen molar-refractivity contribution in [1.29, 1.82) is 0 Å². The fourth-order valence-electron chi connectivity index (χ4n) is 2.75. The number of aromatic nitrogens is 2. The average molecular weight is 345 g/mol. The molecule has 23 heavy (non-hydrogen) atoms. The third-order valence-electron chi connectivity index (χ3n) is 3.67. The van der Waals surface area contributed by atoms with Crippen LogP contribution in [0.3, 0.4) is 0 Å². The molecule has 1 aromatic carbocycles. The van der Waals surface area contributed by atoms with E-state index in [-0.39, 0.29) is 18.4 Å². The highest BCUT2D eigenvalue weighted by Crippen LogP contribution is 2.26. The number of rotatable bonds is 2. The third-order valence-corrected chi connectivity index (χ3v) is 4.54. The second kappa shape index (κ2) is 5.83. The molecule has 3 heterocycles. The zero-order valence-electron chi connectivity index (χ0n) is 12.9. The molecule has 4 nitrogen and oxygen atoms in total. The molecule has 0 fully saturated rings. The van der Waals surface area contributed by atoms with Crippen LogP contribution in [0.25, 0.3) is 26.9 Å². The van der Waals surface area contributed by atoms with Gasteiger partial charge in [0, 0.05) is 11.6 Å². The molecule has 0 bridgehead atoms. The van der Waals surface area contributed by atoms with Gasteiger partial charge < -0.3 is 5.73 Å². The van der Waals surface area contributed by atoms with Crippen LogP contribution < -0.4 is 5.73 Å². The van der Waals surface area contributed by atoms with Crippen molar-refractivity contribution in [3.8, 4) is 0 Å². The van der Waals surface area contributed by atoms with Gasteiger partial charge in [-0.3, -0.25) is 9.39 Å². The summed E-state index contributed by atoms with van der Waals surface area (Å²) in [5.74, 6) is 0.564. The van der Waals surface area contributed by atoms with E-state index in [1.807, 2.05) is 26.0 Å². The number of fused-ring (bicyclic) bond motifs is 5. The minimum atomic E-state index is 0. The standard InChI is InChI=1S/C17H16N4S.ClH/c1-10(2)19-17(18)11-3-4-13-12(9-11)20-16-6-5-15-14(21(13)16)7-8-22-15;/h3-10H,1-2H3,(H2,18,19);1H. The lowest BCUT2D eigenvalue weighted by molar-refractivity contribution is 0.834. The Hall–Kier alpha value is -2.11. The van der Waals surface area contributed by atoms with Gasteiger partial charge in [-0.2, -0.15) is 0 Å². The first-order chi connectivity index (χ1) is 10.6. The molecule has 3 aromatic heterocycles. The van der Waals surface area contributed by atoms with Crippen molar-refractivity contribution in [1.82, 2.24) is 9.38 Å². The van der Waals surface area contributed by atoms with Gasteiger partial charge in [0.05, 0.1) is 21.3 Å². The summed E-state index contributed by atoms with van der Waals surface area (Å²) in [5, 5.41) is 2.11. The van der Waals surface area contributed by atoms with Crippen LogP contribution in [0, 0.1) is 0 Å². The van der Waals surface area contributed by atoms with Gasteiger partial charge in [-0.15, -0.1) is 23.7 Å². The normalized spacial score (nSPS) is 12.4. The highest BCUT2D eigenvalue weighted by Gasteiger charge is 2.10. The maximum absolute atomic E-state index is 6.07. The number of hydrogen-bond donors (Lipinski definition) is 1. The van der Waals surface area contributed by atoms with Crippen molar-refractivity contribution in [3.05, 3.63) is 47.3 Å². The maximum Gasteiger partial charge on any atom is 0.138 e. The number of imidazole rings is 1. The molecular formula is C17H17ClN4S. The van der Waals surface area contributed by atoms with Crippen LogP contribution >= 0.6 is 23.7 Å². The molecule has 0 aliphatic rings. The van der Waals surface area contributed by atoms with Crippen LogP contribution in [0.4, 0.5) is 0 Å². The van der Waals surface area contributed by atoms with Gasteiger partial charge in [0.25, 0.3) is 0 Å². The molecule has 0 aliphatic carbocycles. The highest BCUT2D eigenvalue weighted by molar-refractivity contribution is 7.17. The molecular weight excluding hydrogens is 328 g/mol. The fraction of sp³-hybridized carbons (Fsp3) is 0.176.